The minimum Gasteiger partial charge on any atom is -0.451 e. The van der Waals surface area contributed by atoms with E-state index in [0.717, 1.165) is 17.4 Å². The summed E-state index contributed by atoms with van der Waals surface area (Å²) in [6, 6.07) is 7.80. The third kappa shape index (κ3) is 1.81. The van der Waals surface area contributed by atoms with Crippen molar-refractivity contribution in [1.82, 2.24) is 4.90 Å². The largest absolute Gasteiger partial charge is 0.451 e. The fraction of sp³-hybridized carbons (Fsp3) is 0.308. The first-order chi connectivity index (χ1) is 7.61. The van der Waals surface area contributed by atoms with Crippen LogP contribution in [0.15, 0.2) is 28.7 Å². The third-order valence-corrected chi connectivity index (χ3v) is 2.61. The topological polar surface area (TPSA) is 33.5 Å². The van der Waals surface area contributed by atoms with Gasteiger partial charge in [0.05, 0.1) is 0 Å². The molecule has 0 aliphatic rings. The molecule has 3 nitrogen and oxygen atoms in total. The number of carbonyl (C=O) groups excluding carboxylic acids is 1. The molecule has 0 atom stereocenters. The highest BCUT2D eigenvalue weighted by atomic mass is 16.3. The first-order valence-corrected chi connectivity index (χ1v) is 5.36. The quantitative estimate of drug-likeness (QED) is 0.775. The minimum atomic E-state index is -0.103. The first-order valence-electron chi connectivity index (χ1n) is 5.36. The van der Waals surface area contributed by atoms with Crippen LogP contribution in [0, 0.1) is 0 Å². The Bertz CT molecular complexity index is 526. The molecule has 0 N–H and O–H groups in total. The van der Waals surface area contributed by atoms with Gasteiger partial charge in [-0.25, -0.2) is 0 Å². The summed E-state index contributed by atoms with van der Waals surface area (Å²) < 4.78 is 5.50. The van der Waals surface area contributed by atoms with Gasteiger partial charge in [-0.1, -0.05) is 13.0 Å². The Morgan fingerprint density at radius 3 is 2.69 bits per heavy atom. The zero-order valence-electron chi connectivity index (χ0n) is 9.78. The van der Waals surface area contributed by atoms with Gasteiger partial charge in [-0.2, -0.15) is 0 Å². The lowest BCUT2D eigenvalue weighted by molar-refractivity contribution is 0.0799. The summed E-state index contributed by atoms with van der Waals surface area (Å²) in [4.78, 5) is 13.2. The van der Waals surface area contributed by atoms with E-state index in [-0.39, 0.29) is 5.91 Å². The average Bonchev–Trinajstić information content (AvgIpc) is 2.69. The van der Waals surface area contributed by atoms with Crippen molar-refractivity contribution in [3.05, 3.63) is 35.6 Å². The number of nitrogens with zero attached hydrogens (tertiary/aromatic N) is 1. The number of rotatable bonds is 2. The minimum absolute atomic E-state index is 0.103. The van der Waals surface area contributed by atoms with Gasteiger partial charge >= 0.3 is 0 Å². The van der Waals surface area contributed by atoms with Crippen LogP contribution in [0.2, 0.25) is 0 Å². The van der Waals surface area contributed by atoms with Crippen LogP contribution < -0.4 is 0 Å². The first kappa shape index (κ1) is 10.7. The smallest absolute Gasteiger partial charge is 0.289 e. The molecule has 1 heterocycles. The van der Waals surface area contributed by atoms with E-state index < -0.39 is 0 Å². The van der Waals surface area contributed by atoms with Crippen molar-refractivity contribution < 1.29 is 9.21 Å². The summed E-state index contributed by atoms with van der Waals surface area (Å²) in [5.74, 6) is 0.294. The lowest BCUT2D eigenvalue weighted by Crippen LogP contribution is -2.20. The van der Waals surface area contributed by atoms with Crippen molar-refractivity contribution in [2.45, 2.75) is 13.3 Å². The Hall–Kier alpha value is -1.77. The fourth-order valence-electron chi connectivity index (χ4n) is 1.64. The average molecular weight is 217 g/mol. The number of carbonyl (C=O) groups is 1. The summed E-state index contributed by atoms with van der Waals surface area (Å²) in [6.07, 6.45) is 0.984. The Balaban J connectivity index is 2.47. The van der Waals surface area contributed by atoms with E-state index in [0.29, 0.717) is 5.76 Å². The summed E-state index contributed by atoms with van der Waals surface area (Å²) in [6.45, 7) is 2.10. The van der Waals surface area contributed by atoms with Crippen molar-refractivity contribution in [1.29, 1.82) is 0 Å². The molecule has 0 aliphatic carbocycles. The normalized spacial score (nSPS) is 10.7. The van der Waals surface area contributed by atoms with Gasteiger partial charge in [-0.15, -0.1) is 0 Å². The van der Waals surface area contributed by atoms with Crippen molar-refractivity contribution in [2.24, 2.45) is 0 Å². The van der Waals surface area contributed by atoms with Crippen molar-refractivity contribution in [3.63, 3.8) is 0 Å². The van der Waals surface area contributed by atoms with E-state index in [1.165, 1.54) is 10.5 Å². The Kier molecular flexibility index (Phi) is 2.69. The maximum Gasteiger partial charge on any atom is 0.289 e. The van der Waals surface area contributed by atoms with Gasteiger partial charge < -0.3 is 9.32 Å². The van der Waals surface area contributed by atoms with E-state index >= 15 is 0 Å². The lowest BCUT2D eigenvalue weighted by atomic mass is 10.1. The summed E-state index contributed by atoms with van der Waals surface area (Å²) in [5, 5.41) is 0.990. The number of benzene rings is 1. The summed E-state index contributed by atoms with van der Waals surface area (Å²) in [5.41, 5.74) is 2.01. The van der Waals surface area contributed by atoms with Crippen LogP contribution in [0.3, 0.4) is 0 Å². The maximum absolute atomic E-state index is 11.7. The van der Waals surface area contributed by atoms with E-state index in [9.17, 15) is 4.79 Å². The molecule has 1 amide bonds. The number of furan rings is 1. The van der Waals surface area contributed by atoms with Crippen molar-refractivity contribution >= 4 is 16.9 Å². The van der Waals surface area contributed by atoms with E-state index in [2.05, 4.69) is 13.0 Å². The van der Waals surface area contributed by atoms with E-state index in [1.807, 2.05) is 12.1 Å². The van der Waals surface area contributed by atoms with E-state index in [1.54, 1.807) is 20.2 Å². The van der Waals surface area contributed by atoms with E-state index in [4.69, 9.17) is 4.42 Å². The number of fused-ring (bicyclic) bond motifs is 1. The zero-order chi connectivity index (χ0) is 11.7. The molecule has 16 heavy (non-hydrogen) atoms. The Morgan fingerprint density at radius 2 is 2.06 bits per heavy atom. The Morgan fingerprint density at radius 1 is 1.31 bits per heavy atom. The molecular formula is C13H15NO2. The van der Waals surface area contributed by atoms with Crippen LogP contribution in [0.25, 0.3) is 11.0 Å². The van der Waals surface area contributed by atoms with Gasteiger partial charge in [-0.3, -0.25) is 4.79 Å². The van der Waals surface area contributed by atoms with Crippen LogP contribution in [0.1, 0.15) is 23.0 Å². The van der Waals surface area contributed by atoms with Gasteiger partial charge in [0.2, 0.25) is 0 Å². The highest BCUT2D eigenvalue weighted by Gasteiger charge is 2.13. The van der Waals surface area contributed by atoms with Crippen LogP contribution in [-0.2, 0) is 6.42 Å². The number of amides is 1. The SMILES string of the molecule is CCc1ccc2oc(C(=O)N(C)C)cc2c1. The molecular weight excluding hydrogens is 202 g/mol. The molecule has 0 saturated heterocycles. The van der Waals surface area contributed by atoms with Gasteiger partial charge in [0.25, 0.3) is 5.91 Å². The van der Waals surface area contributed by atoms with Crippen LogP contribution in [0.5, 0.6) is 0 Å². The number of aryl methyl sites for hydroxylation is 1. The molecule has 1 aromatic carbocycles. The number of hydrogen-bond acceptors (Lipinski definition) is 2. The van der Waals surface area contributed by atoms with Gasteiger partial charge in [0.15, 0.2) is 5.76 Å². The van der Waals surface area contributed by atoms with Crippen molar-refractivity contribution in [3.8, 4) is 0 Å². The van der Waals surface area contributed by atoms with Gasteiger partial charge in [0, 0.05) is 19.5 Å². The standard InChI is InChI=1S/C13H15NO2/c1-4-9-5-6-11-10(7-9)8-12(16-11)13(15)14(2)3/h5-8H,4H2,1-3H3. The molecule has 0 spiro atoms. The molecule has 0 fully saturated rings. The Labute approximate surface area is 94.7 Å². The van der Waals surface area contributed by atoms with Gasteiger partial charge in [0.1, 0.15) is 5.58 Å². The number of hydrogen-bond donors (Lipinski definition) is 0. The van der Waals surface area contributed by atoms with Crippen molar-refractivity contribution in [2.75, 3.05) is 14.1 Å². The second kappa shape index (κ2) is 4.00. The molecule has 2 aromatic rings. The van der Waals surface area contributed by atoms with Gasteiger partial charge in [-0.05, 0) is 30.2 Å². The molecule has 0 saturated carbocycles. The fourth-order valence-corrected chi connectivity index (χ4v) is 1.64. The highest BCUT2D eigenvalue weighted by Crippen LogP contribution is 2.21. The molecule has 1 aromatic heterocycles. The maximum atomic E-state index is 11.7. The van der Waals surface area contributed by atoms with Crippen LogP contribution in [-0.4, -0.2) is 24.9 Å². The lowest BCUT2D eigenvalue weighted by Gasteiger charge is -2.06. The molecule has 0 aliphatic heterocycles. The van der Waals surface area contributed by atoms with Crippen LogP contribution >= 0.6 is 0 Å². The predicted octanol–water partition coefficient (Wildman–Crippen LogP) is 2.70. The molecule has 0 unspecified atom stereocenters. The zero-order valence-corrected chi connectivity index (χ0v) is 9.78. The van der Waals surface area contributed by atoms with Crippen LogP contribution in [0.4, 0.5) is 0 Å². The molecule has 2 rings (SSSR count). The summed E-state index contributed by atoms with van der Waals surface area (Å²) >= 11 is 0. The molecule has 0 radical (unpaired) electrons. The molecule has 3 heteroatoms. The molecule has 0 bridgehead atoms. The summed E-state index contributed by atoms with van der Waals surface area (Å²) in [7, 11) is 3.43. The highest BCUT2D eigenvalue weighted by molar-refractivity contribution is 5.95. The second-order valence-electron chi connectivity index (χ2n) is 4.04. The third-order valence-electron chi connectivity index (χ3n) is 2.61. The predicted molar refractivity (Wildman–Crippen MR) is 63.6 cm³/mol. The molecule has 84 valence electrons. The second-order valence-corrected chi connectivity index (χ2v) is 4.04. The monoisotopic (exact) mass is 217 g/mol.